The summed E-state index contributed by atoms with van der Waals surface area (Å²) in [5.74, 6) is -4.21. The van der Waals surface area contributed by atoms with Gasteiger partial charge in [0.15, 0.2) is 17.5 Å². The van der Waals surface area contributed by atoms with Crippen LogP contribution in [-0.4, -0.2) is 29.0 Å². The molecule has 0 saturated heterocycles. The number of aromatic nitrogens is 2. The molecule has 0 aliphatic carbocycles. The molecule has 2 aromatic carbocycles. The summed E-state index contributed by atoms with van der Waals surface area (Å²) in [7, 11) is 0. The summed E-state index contributed by atoms with van der Waals surface area (Å²) in [4.78, 5) is 23.2. The average Bonchev–Trinajstić information content (AvgIpc) is 2.74. The molecule has 1 aromatic heterocycles. The fourth-order valence-electron chi connectivity index (χ4n) is 2.98. The molecular formula is C22H22F3N5O. The van der Waals surface area contributed by atoms with E-state index >= 15 is 0 Å². The third-order valence-corrected chi connectivity index (χ3v) is 4.61. The number of benzene rings is 2. The van der Waals surface area contributed by atoms with Crippen molar-refractivity contribution in [2.24, 2.45) is 0 Å². The minimum Gasteiger partial charge on any atom is -0.357 e. The Balaban J connectivity index is 1.72. The highest BCUT2D eigenvalue weighted by Gasteiger charge is 2.19. The molecule has 0 aliphatic heterocycles. The molecule has 3 aromatic rings. The van der Waals surface area contributed by atoms with E-state index < -0.39 is 28.9 Å². The van der Waals surface area contributed by atoms with E-state index in [4.69, 9.17) is 0 Å². The Hall–Kier alpha value is -3.62. The van der Waals surface area contributed by atoms with Gasteiger partial charge in [0, 0.05) is 36.2 Å². The van der Waals surface area contributed by atoms with Gasteiger partial charge < -0.3 is 15.5 Å². The molecule has 0 unspecified atom stereocenters. The van der Waals surface area contributed by atoms with E-state index in [1.165, 1.54) is 0 Å². The maximum absolute atomic E-state index is 13.8. The lowest BCUT2D eigenvalue weighted by atomic mass is 10.1. The number of hydrogen-bond acceptors (Lipinski definition) is 5. The molecule has 0 saturated carbocycles. The van der Waals surface area contributed by atoms with Gasteiger partial charge in [-0.2, -0.15) is 4.98 Å². The number of aryl methyl sites for hydroxylation is 1. The summed E-state index contributed by atoms with van der Waals surface area (Å²) in [5, 5.41) is 5.56. The lowest BCUT2D eigenvalue weighted by Crippen LogP contribution is -2.23. The summed E-state index contributed by atoms with van der Waals surface area (Å²) >= 11 is 0. The summed E-state index contributed by atoms with van der Waals surface area (Å²) < 4.78 is 40.2. The van der Waals surface area contributed by atoms with Crippen molar-refractivity contribution in [2.75, 3.05) is 28.6 Å². The number of amides is 1. The Kier molecular flexibility index (Phi) is 6.74. The van der Waals surface area contributed by atoms with E-state index in [0.717, 1.165) is 30.7 Å². The fraction of sp³-hybridized carbons (Fsp3) is 0.227. The van der Waals surface area contributed by atoms with Crippen LogP contribution in [0.5, 0.6) is 0 Å². The number of rotatable bonds is 7. The van der Waals surface area contributed by atoms with Gasteiger partial charge in [0.2, 0.25) is 5.95 Å². The third kappa shape index (κ3) is 5.11. The van der Waals surface area contributed by atoms with Crippen LogP contribution < -0.4 is 15.5 Å². The van der Waals surface area contributed by atoms with Crippen molar-refractivity contribution in [3.63, 3.8) is 0 Å². The smallest absolute Gasteiger partial charge is 0.258 e. The van der Waals surface area contributed by atoms with Crippen LogP contribution >= 0.6 is 0 Å². The molecule has 6 nitrogen and oxygen atoms in total. The normalized spacial score (nSPS) is 10.6. The van der Waals surface area contributed by atoms with E-state index in [0.29, 0.717) is 23.4 Å². The molecule has 0 aliphatic rings. The Labute approximate surface area is 178 Å². The van der Waals surface area contributed by atoms with Gasteiger partial charge in [-0.1, -0.05) is 0 Å². The van der Waals surface area contributed by atoms with Crippen LogP contribution in [0.3, 0.4) is 0 Å². The molecule has 0 spiro atoms. The highest BCUT2D eigenvalue weighted by molar-refractivity contribution is 6.04. The van der Waals surface area contributed by atoms with Gasteiger partial charge in [-0.05, 0) is 57.2 Å². The second kappa shape index (κ2) is 9.46. The van der Waals surface area contributed by atoms with Gasteiger partial charge in [0.1, 0.15) is 5.82 Å². The standard InChI is InChI=1S/C22H22F3N5O/c1-4-30(5-2)18-12-13(3)26-22(29-18)28-15-8-6-14(7-9-15)27-21(31)16-10-11-17(23)20(25)19(16)24/h6-12H,4-5H2,1-3H3,(H,27,31)(H,26,28,29). The SMILES string of the molecule is CCN(CC)c1cc(C)nc(Nc2ccc(NC(=O)c3ccc(F)c(F)c3F)cc2)n1. The molecule has 0 bridgehead atoms. The number of halogens is 3. The molecule has 0 radical (unpaired) electrons. The second-order valence-corrected chi connectivity index (χ2v) is 6.74. The van der Waals surface area contributed by atoms with Gasteiger partial charge in [-0.3, -0.25) is 4.79 Å². The zero-order valence-electron chi connectivity index (χ0n) is 17.3. The minimum absolute atomic E-state index is 0.355. The van der Waals surface area contributed by atoms with Crippen molar-refractivity contribution in [3.05, 3.63) is 71.2 Å². The number of anilines is 4. The maximum atomic E-state index is 13.8. The van der Waals surface area contributed by atoms with Gasteiger partial charge >= 0.3 is 0 Å². The summed E-state index contributed by atoms with van der Waals surface area (Å²) in [5.41, 5.74) is 1.26. The van der Waals surface area contributed by atoms with Crippen molar-refractivity contribution in [2.45, 2.75) is 20.8 Å². The fourth-order valence-corrected chi connectivity index (χ4v) is 2.98. The van der Waals surface area contributed by atoms with Gasteiger partial charge in [0.25, 0.3) is 5.91 Å². The number of carbonyl (C=O) groups is 1. The summed E-state index contributed by atoms with van der Waals surface area (Å²) in [6.45, 7) is 7.62. The molecule has 31 heavy (non-hydrogen) atoms. The van der Waals surface area contributed by atoms with Crippen LogP contribution in [0.2, 0.25) is 0 Å². The first-order valence-electron chi connectivity index (χ1n) is 9.75. The van der Waals surface area contributed by atoms with E-state index in [1.807, 2.05) is 26.8 Å². The predicted octanol–water partition coefficient (Wildman–Crippen LogP) is 5.04. The highest BCUT2D eigenvalue weighted by atomic mass is 19.2. The van der Waals surface area contributed by atoms with Crippen LogP contribution in [0.1, 0.15) is 29.9 Å². The molecule has 1 amide bonds. The van der Waals surface area contributed by atoms with Crippen molar-refractivity contribution in [3.8, 4) is 0 Å². The summed E-state index contributed by atoms with van der Waals surface area (Å²) in [6, 6.07) is 10.0. The Morgan fingerprint density at radius 3 is 2.23 bits per heavy atom. The van der Waals surface area contributed by atoms with Crippen molar-refractivity contribution in [1.82, 2.24) is 9.97 Å². The second-order valence-electron chi connectivity index (χ2n) is 6.74. The zero-order chi connectivity index (χ0) is 22.5. The molecule has 3 rings (SSSR count). The van der Waals surface area contributed by atoms with E-state index in [2.05, 4.69) is 25.5 Å². The van der Waals surface area contributed by atoms with E-state index in [1.54, 1.807) is 24.3 Å². The molecule has 0 atom stereocenters. The number of carbonyl (C=O) groups excluding carboxylic acids is 1. The van der Waals surface area contributed by atoms with Gasteiger partial charge in [0.05, 0.1) is 5.56 Å². The third-order valence-electron chi connectivity index (χ3n) is 4.61. The maximum Gasteiger partial charge on any atom is 0.258 e. The highest BCUT2D eigenvalue weighted by Crippen LogP contribution is 2.21. The van der Waals surface area contributed by atoms with Crippen LogP contribution in [0, 0.1) is 24.4 Å². The minimum atomic E-state index is -1.69. The van der Waals surface area contributed by atoms with Crippen LogP contribution in [-0.2, 0) is 0 Å². The molecule has 0 fully saturated rings. The molecular weight excluding hydrogens is 407 g/mol. The van der Waals surface area contributed by atoms with E-state index in [-0.39, 0.29) is 0 Å². The van der Waals surface area contributed by atoms with Gasteiger partial charge in [-0.25, -0.2) is 18.2 Å². The quantitative estimate of drug-likeness (QED) is 0.515. The summed E-state index contributed by atoms with van der Waals surface area (Å²) in [6.07, 6.45) is 0. The molecule has 162 valence electrons. The first kappa shape index (κ1) is 22.1. The van der Waals surface area contributed by atoms with E-state index in [9.17, 15) is 18.0 Å². The molecule has 9 heteroatoms. The van der Waals surface area contributed by atoms with Crippen molar-refractivity contribution < 1.29 is 18.0 Å². The first-order valence-corrected chi connectivity index (χ1v) is 9.75. The lowest BCUT2D eigenvalue weighted by molar-refractivity contribution is 0.102. The number of nitrogens with one attached hydrogen (secondary N) is 2. The van der Waals surface area contributed by atoms with Crippen molar-refractivity contribution >= 4 is 29.0 Å². The van der Waals surface area contributed by atoms with Crippen LogP contribution in [0.15, 0.2) is 42.5 Å². The van der Waals surface area contributed by atoms with Crippen LogP contribution in [0.4, 0.5) is 36.3 Å². The molecule has 1 heterocycles. The van der Waals surface area contributed by atoms with Crippen molar-refractivity contribution in [1.29, 1.82) is 0 Å². The first-order chi connectivity index (χ1) is 14.8. The Bertz CT molecular complexity index is 1090. The monoisotopic (exact) mass is 429 g/mol. The zero-order valence-corrected chi connectivity index (χ0v) is 17.3. The van der Waals surface area contributed by atoms with Crippen LogP contribution in [0.25, 0.3) is 0 Å². The average molecular weight is 429 g/mol. The largest absolute Gasteiger partial charge is 0.357 e. The number of nitrogens with zero attached hydrogens (tertiary/aromatic N) is 3. The Morgan fingerprint density at radius 1 is 0.935 bits per heavy atom. The lowest BCUT2D eigenvalue weighted by Gasteiger charge is -2.20. The Morgan fingerprint density at radius 2 is 1.58 bits per heavy atom. The number of hydrogen-bond donors (Lipinski definition) is 2. The topological polar surface area (TPSA) is 70.2 Å². The molecule has 2 N–H and O–H groups in total. The van der Waals surface area contributed by atoms with Gasteiger partial charge in [-0.15, -0.1) is 0 Å². The predicted molar refractivity (Wildman–Crippen MR) is 114 cm³/mol.